The zero-order chi connectivity index (χ0) is 12.8. The number of ether oxygens (including phenoxy) is 1. The van der Waals surface area contributed by atoms with Crippen LogP contribution in [0.1, 0.15) is 58.3 Å². The number of carbonyl (C=O) groups is 1. The predicted molar refractivity (Wildman–Crippen MR) is 72.9 cm³/mol. The van der Waals surface area contributed by atoms with Crippen molar-refractivity contribution in [1.29, 1.82) is 0 Å². The summed E-state index contributed by atoms with van der Waals surface area (Å²) < 4.78 is 4.90. The molecule has 0 atom stereocenters. The summed E-state index contributed by atoms with van der Waals surface area (Å²) in [5.41, 5.74) is 0. The Labute approximate surface area is 106 Å². The lowest BCUT2D eigenvalue weighted by Gasteiger charge is -2.01. The van der Waals surface area contributed by atoms with Crippen molar-refractivity contribution in [1.82, 2.24) is 0 Å². The number of hydrogen-bond acceptors (Lipinski definition) is 2. The second kappa shape index (κ2) is 13.0. The number of carbonyl (C=O) groups excluding carboxylic acids is 1. The molecule has 98 valence electrons. The van der Waals surface area contributed by atoms with Crippen LogP contribution in [0.25, 0.3) is 0 Å². The van der Waals surface area contributed by atoms with Crippen molar-refractivity contribution in [2.24, 2.45) is 0 Å². The van der Waals surface area contributed by atoms with Gasteiger partial charge in [-0.2, -0.15) is 0 Å². The third-order valence-corrected chi connectivity index (χ3v) is 2.52. The van der Waals surface area contributed by atoms with Gasteiger partial charge in [0.2, 0.25) is 0 Å². The van der Waals surface area contributed by atoms with Crippen molar-refractivity contribution in [3.8, 4) is 0 Å². The third kappa shape index (κ3) is 12.9. The molecule has 17 heavy (non-hydrogen) atoms. The van der Waals surface area contributed by atoms with E-state index in [1.807, 2.05) is 0 Å². The molecular formula is C15H26O2. The van der Waals surface area contributed by atoms with E-state index in [1.54, 1.807) is 6.08 Å². The first kappa shape index (κ1) is 16.0. The SMILES string of the molecule is C=CCOC(=O)CCCCCCCC=CCC. The van der Waals surface area contributed by atoms with Gasteiger partial charge in [-0.15, -0.1) is 0 Å². The van der Waals surface area contributed by atoms with Crippen molar-refractivity contribution in [3.05, 3.63) is 24.8 Å². The first-order valence-electron chi connectivity index (χ1n) is 6.72. The average molecular weight is 238 g/mol. The van der Waals surface area contributed by atoms with Gasteiger partial charge in [-0.25, -0.2) is 0 Å². The Morgan fingerprint density at radius 2 is 1.82 bits per heavy atom. The van der Waals surface area contributed by atoms with Crippen LogP contribution in [0.5, 0.6) is 0 Å². The van der Waals surface area contributed by atoms with Crippen LogP contribution in [0.4, 0.5) is 0 Å². The van der Waals surface area contributed by atoms with Crippen LogP contribution in [0.15, 0.2) is 24.8 Å². The molecule has 0 aliphatic carbocycles. The Morgan fingerprint density at radius 1 is 1.12 bits per heavy atom. The van der Waals surface area contributed by atoms with Crippen LogP contribution < -0.4 is 0 Å². The number of esters is 1. The van der Waals surface area contributed by atoms with Gasteiger partial charge in [-0.05, 0) is 25.7 Å². The highest BCUT2D eigenvalue weighted by molar-refractivity contribution is 5.69. The fraction of sp³-hybridized carbons (Fsp3) is 0.667. The zero-order valence-electron chi connectivity index (χ0n) is 11.1. The minimum Gasteiger partial charge on any atom is -0.461 e. The third-order valence-electron chi connectivity index (χ3n) is 2.52. The van der Waals surface area contributed by atoms with Gasteiger partial charge in [-0.1, -0.05) is 51.0 Å². The van der Waals surface area contributed by atoms with E-state index >= 15 is 0 Å². The van der Waals surface area contributed by atoms with Crippen LogP contribution in [0.2, 0.25) is 0 Å². The highest BCUT2D eigenvalue weighted by Crippen LogP contribution is 2.08. The van der Waals surface area contributed by atoms with E-state index in [0.29, 0.717) is 13.0 Å². The van der Waals surface area contributed by atoms with Gasteiger partial charge in [0, 0.05) is 6.42 Å². The van der Waals surface area contributed by atoms with Crippen LogP contribution in [-0.4, -0.2) is 12.6 Å². The summed E-state index contributed by atoms with van der Waals surface area (Å²) >= 11 is 0. The van der Waals surface area contributed by atoms with Crippen LogP contribution in [0.3, 0.4) is 0 Å². The second-order valence-corrected chi connectivity index (χ2v) is 4.16. The number of unbranched alkanes of at least 4 members (excludes halogenated alkanes) is 5. The molecule has 0 aromatic carbocycles. The number of hydrogen-bond donors (Lipinski definition) is 0. The van der Waals surface area contributed by atoms with Crippen molar-refractivity contribution < 1.29 is 9.53 Å². The van der Waals surface area contributed by atoms with E-state index < -0.39 is 0 Å². The molecule has 0 spiro atoms. The van der Waals surface area contributed by atoms with E-state index in [-0.39, 0.29) is 5.97 Å². The zero-order valence-corrected chi connectivity index (χ0v) is 11.1. The Morgan fingerprint density at radius 3 is 2.53 bits per heavy atom. The second-order valence-electron chi connectivity index (χ2n) is 4.16. The predicted octanol–water partition coefficient (Wildman–Crippen LogP) is 4.41. The molecule has 0 radical (unpaired) electrons. The number of allylic oxidation sites excluding steroid dienone is 2. The molecule has 0 aliphatic heterocycles. The molecule has 0 aromatic rings. The molecule has 0 rings (SSSR count). The molecular weight excluding hydrogens is 212 g/mol. The fourth-order valence-electron chi connectivity index (χ4n) is 1.57. The summed E-state index contributed by atoms with van der Waals surface area (Å²) in [6.45, 7) is 5.99. The van der Waals surface area contributed by atoms with Gasteiger partial charge >= 0.3 is 5.97 Å². The quantitative estimate of drug-likeness (QED) is 0.303. The summed E-state index contributed by atoms with van der Waals surface area (Å²) in [6, 6.07) is 0. The summed E-state index contributed by atoms with van der Waals surface area (Å²) in [6.07, 6.45) is 14.7. The van der Waals surface area contributed by atoms with Crippen molar-refractivity contribution >= 4 is 5.97 Å². The van der Waals surface area contributed by atoms with E-state index in [4.69, 9.17) is 4.74 Å². The van der Waals surface area contributed by atoms with Crippen molar-refractivity contribution in [3.63, 3.8) is 0 Å². The fourth-order valence-corrected chi connectivity index (χ4v) is 1.57. The maximum absolute atomic E-state index is 11.1. The van der Waals surface area contributed by atoms with Gasteiger partial charge < -0.3 is 4.74 Å². The number of rotatable bonds is 11. The minimum atomic E-state index is -0.101. The monoisotopic (exact) mass is 238 g/mol. The highest BCUT2D eigenvalue weighted by atomic mass is 16.5. The molecule has 0 bridgehead atoms. The van der Waals surface area contributed by atoms with Crippen LogP contribution in [-0.2, 0) is 9.53 Å². The molecule has 0 fully saturated rings. The van der Waals surface area contributed by atoms with E-state index in [2.05, 4.69) is 25.7 Å². The topological polar surface area (TPSA) is 26.3 Å². The van der Waals surface area contributed by atoms with Gasteiger partial charge in [0.15, 0.2) is 0 Å². The Hall–Kier alpha value is -1.05. The van der Waals surface area contributed by atoms with Gasteiger partial charge in [-0.3, -0.25) is 4.79 Å². The molecule has 2 nitrogen and oxygen atoms in total. The molecule has 0 unspecified atom stereocenters. The lowest BCUT2D eigenvalue weighted by Crippen LogP contribution is -2.03. The minimum absolute atomic E-state index is 0.101. The summed E-state index contributed by atoms with van der Waals surface area (Å²) in [4.78, 5) is 11.1. The molecule has 0 heterocycles. The molecule has 0 amide bonds. The van der Waals surface area contributed by atoms with E-state index in [1.165, 1.54) is 25.7 Å². The van der Waals surface area contributed by atoms with Gasteiger partial charge in [0.1, 0.15) is 6.61 Å². The maximum Gasteiger partial charge on any atom is 0.306 e. The van der Waals surface area contributed by atoms with Gasteiger partial charge in [0.05, 0.1) is 0 Å². The van der Waals surface area contributed by atoms with Gasteiger partial charge in [0.25, 0.3) is 0 Å². The smallest absolute Gasteiger partial charge is 0.306 e. The Kier molecular flexibility index (Phi) is 12.2. The standard InChI is InChI=1S/C15H26O2/c1-3-5-6-7-8-9-10-11-12-13-15(16)17-14-4-2/h4-6H,2-3,7-14H2,1H3. The van der Waals surface area contributed by atoms with Crippen molar-refractivity contribution in [2.75, 3.05) is 6.61 Å². The molecule has 0 saturated heterocycles. The summed E-state index contributed by atoms with van der Waals surface area (Å²) in [5, 5.41) is 0. The maximum atomic E-state index is 11.1. The first-order chi connectivity index (χ1) is 8.31. The largest absolute Gasteiger partial charge is 0.461 e. The summed E-state index contributed by atoms with van der Waals surface area (Å²) in [5.74, 6) is -0.101. The molecule has 0 saturated carbocycles. The van der Waals surface area contributed by atoms with Crippen LogP contribution >= 0.6 is 0 Å². The van der Waals surface area contributed by atoms with E-state index in [0.717, 1.165) is 19.3 Å². The normalized spacial score (nSPS) is 10.6. The van der Waals surface area contributed by atoms with E-state index in [9.17, 15) is 4.79 Å². The average Bonchev–Trinajstić information content (AvgIpc) is 2.34. The Balaban J connectivity index is 3.15. The first-order valence-corrected chi connectivity index (χ1v) is 6.72. The van der Waals surface area contributed by atoms with Crippen molar-refractivity contribution in [2.45, 2.75) is 58.3 Å². The molecule has 0 aromatic heterocycles. The molecule has 0 N–H and O–H groups in total. The summed E-state index contributed by atoms with van der Waals surface area (Å²) in [7, 11) is 0. The lowest BCUT2D eigenvalue weighted by molar-refractivity contribution is -0.142. The Bertz CT molecular complexity index is 219. The lowest BCUT2D eigenvalue weighted by atomic mass is 10.1. The molecule has 2 heteroatoms. The highest BCUT2D eigenvalue weighted by Gasteiger charge is 2.00. The molecule has 0 aliphatic rings. The van der Waals surface area contributed by atoms with Crippen LogP contribution in [0, 0.1) is 0 Å².